The zero-order chi connectivity index (χ0) is 9.14. The van der Waals surface area contributed by atoms with Crippen LogP contribution in [0.15, 0.2) is 5.16 Å². The first kappa shape index (κ1) is 9.24. The number of nitrogens with zero attached hydrogens (tertiary/aromatic N) is 1. The van der Waals surface area contributed by atoms with Gasteiger partial charge < -0.3 is 25.3 Å². The van der Waals surface area contributed by atoms with Crippen molar-refractivity contribution < 1.29 is 25.3 Å². The van der Waals surface area contributed by atoms with Gasteiger partial charge in [0.05, 0.1) is 13.0 Å². The fourth-order valence-corrected chi connectivity index (χ4v) is 1.08. The molecule has 3 unspecified atom stereocenters. The molecule has 3 atom stereocenters. The largest absolute Gasteiger partial charge is 0.470 e. The molecule has 0 bridgehead atoms. The number of hydrogen-bond acceptors (Lipinski definition) is 6. The van der Waals surface area contributed by atoms with E-state index in [0.717, 1.165) is 0 Å². The SMILES string of the molecule is OCC(O)C1O/C(=N\O)CC1O. The molecule has 0 saturated carbocycles. The quantitative estimate of drug-likeness (QED) is 0.297. The molecule has 0 aromatic rings. The van der Waals surface area contributed by atoms with Gasteiger partial charge in [-0.25, -0.2) is 0 Å². The minimum Gasteiger partial charge on any atom is -0.470 e. The molecule has 6 nitrogen and oxygen atoms in total. The van der Waals surface area contributed by atoms with E-state index < -0.39 is 24.9 Å². The number of oxime groups is 1. The van der Waals surface area contributed by atoms with Crippen molar-refractivity contribution in [2.45, 2.75) is 24.7 Å². The minimum atomic E-state index is -1.15. The van der Waals surface area contributed by atoms with Crippen LogP contribution in [-0.2, 0) is 4.74 Å². The smallest absolute Gasteiger partial charge is 0.228 e. The van der Waals surface area contributed by atoms with Gasteiger partial charge in [-0.2, -0.15) is 0 Å². The molecular formula is C6H11NO5. The molecule has 1 aliphatic heterocycles. The summed E-state index contributed by atoms with van der Waals surface area (Å²) in [6, 6.07) is 0. The molecule has 12 heavy (non-hydrogen) atoms. The predicted octanol–water partition coefficient (Wildman–Crippen LogP) is -1.72. The Balaban J connectivity index is 2.57. The highest BCUT2D eigenvalue weighted by Gasteiger charge is 2.37. The Kier molecular flexibility index (Phi) is 2.85. The van der Waals surface area contributed by atoms with Gasteiger partial charge in [0.1, 0.15) is 12.2 Å². The van der Waals surface area contributed by atoms with Gasteiger partial charge >= 0.3 is 0 Å². The maximum absolute atomic E-state index is 9.20. The van der Waals surface area contributed by atoms with Gasteiger partial charge in [-0.3, -0.25) is 0 Å². The van der Waals surface area contributed by atoms with Crippen molar-refractivity contribution in [3.63, 3.8) is 0 Å². The van der Waals surface area contributed by atoms with E-state index in [1.165, 1.54) is 0 Å². The summed E-state index contributed by atoms with van der Waals surface area (Å²) < 4.78 is 4.82. The second kappa shape index (κ2) is 3.70. The highest BCUT2D eigenvalue weighted by molar-refractivity contribution is 5.78. The van der Waals surface area contributed by atoms with Crippen molar-refractivity contribution in [3.8, 4) is 0 Å². The number of hydrogen-bond donors (Lipinski definition) is 4. The first-order valence-electron chi connectivity index (χ1n) is 3.53. The number of aliphatic hydroxyl groups is 3. The Hall–Kier alpha value is -0.850. The van der Waals surface area contributed by atoms with Crippen LogP contribution in [0, 0.1) is 0 Å². The molecule has 0 aliphatic carbocycles. The topological polar surface area (TPSA) is 103 Å². The van der Waals surface area contributed by atoms with Gasteiger partial charge in [-0.1, -0.05) is 5.16 Å². The van der Waals surface area contributed by atoms with Crippen LogP contribution < -0.4 is 0 Å². The van der Waals surface area contributed by atoms with Crippen molar-refractivity contribution in [2.24, 2.45) is 5.16 Å². The van der Waals surface area contributed by atoms with Crippen molar-refractivity contribution in [1.82, 2.24) is 0 Å². The summed E-state index contributed by atoms with van der Waals surface area (Å²) in [6.07, 6.45) is -2.93. The highest BCUT2D eigenvalue weighted by atomic mass is 16.6. The standard InChI is InChI=1S/C6H11NO5/c8-2-4(10)6-3(9)1-5(7-11)12-6/h3-4,6,8-11H,1-2H2/b7-5-. The molecule has 1 aliphatic rings. The first-order valence-corrected chi connectivity index (χ1v) is 3.53. The van der Waals surface area contributed by atoms with E-state index in [9.17, 15) is 5.11 Å². The molecule has 4 N–H and O–H groups in total. The van der Waals surface area contributed by atoms with Crippen LogP contribution in [0.5, 0.6) is 0 Å². The van der Waals surface area contributed by atoms with E-state index in [0.29, 0.717) is 0 Å². The molecule has 1 heterocycles. The van der Waals surface area contributed by atoms with Crippen molar-refractivity contribution in [1.29, 1.82) is 0 Å². The molecule has 1 fully saturated rings. The third-order valence-corrected chi connectivity index (χ3v) is 1.71. The molecule has 0 aromatic carbocycles. The first-order chi connectivity index (χ1) is 5.69. The molecule has 0 amide bonds. The van der Waals surface area contributed by atoms with Gasteiger partial charge in [0.2, 0.25) is 5.90 Å². The van der Waals surface area contributed by atoms with Gasteiger partial charge in [0, 0.05) is 0 Å². The van der Waals surface area contributed by atoms with E-state index in [1.807, 2.05) is 0 Å². The van der Waals surface area contributed by atoms with E-state index in [1.54, 1.807) is 0 Å². The maximum atomic E-state index is 9.20. The summed E-state index contributed by atoms with van der Waals surface area (Å²) in [5.74, 6) is -0.0278. The summed E-state index contributed by atoms with van der Waals surface area (Å²) in [5.41, 5.74) is 0. The average molecular weight is 177 g/mol. The van der Waals surface area contributed by atoms with Crippen molar-refractivity contribution in [2.75, 3.05) is 6.61 Å². The summed E-state index contributed by atoms with van der Waals surface area (Å²) in [7, 11) is 0. The molecule has 0 spiro atoms. The summed E-state index contributed by atoms with van der Waals surface area (Å²) in [6.45, 7) is -0.500. The number of rotatable bonds is 2. The Morgan fingerprint density at radius 3 is 2.75 bits per heavy atom. The summed E-state index contributed by atoms with van der Waals surface area (Å²) >= 11 is 0. The van der Waals surface area contributed by atoms with E-state index >= 15 is 0 Å². The highest BCUT2D eigenvalue weighted by Crippen LogP contribution is 2.18. The summed E-state index contributed by atoms with van der Waals surface area (Å²) in [4.78, 5) is 0. The number of ether oxygens (including phenoxy) is 1. The Morgan fingerprint density at radius 1 is 1.67 bits per heavy atom. The van der Waals surface area contributed by atoms with E-state index in [2.05, 4.69) is 5.16 Å². The lowest BCUT2D eigenvalue weighted by Crippen LogP contribution is -2.36. The lowest BCUT2D eigenvalue weighted by Gasteiger charge is -2.17. The van der Waals surface area contributed by atoms with Gasteiger partial charge in [-0.05, 0) is 0 Å². The zero-order valence-corrected chi connectivity index (χ0v) is 6.29. The van der Waals surface area contributed by atoms with Crippen molar-refractivity contribution >= 4 is 5.90 Å². The van der Waals surface area contributed by atoms with Crippen LogP contribution in [0.3, 0.4) is 0 Å². The van der Waals surface area contributed by atoms with Gasteiger partial charge in [0.15, 0.2) is 6.10 Å². The predicted molar refractivity (Wildman–Crippen MR) is 37.8 cm³/mol. The normalized spacial score (nSPS) is 35.1. The zero-order valence-electron chi connectivity index (χ0n) is 6.29. The Bertz CT molecular complexity index is 183. The van der Waals surface area contributed by atoms with Crippen LogP contribution in [0.25, 0.3) is 0 Å². The Labute approximate surface area is 68.7 Å². The maximum Gasteiger partial charge on any atom is 0.228 e. The Morgan fingerprint density at radius 2 is 2.33 bits per heavy atom. The molecule has 0 radical (unpaired) electrons. The average Bonchev–Trinajstić information content (AvgIpc) is 2.45. The van der Waals surface area contributed by atoms with E-state index in [-0.39, 0.29) is 12.3 Å². The van der Waals surface area contributed by atoms with Crippen LogP contribution in [0.2, 0.25) is 0 Å². The second-order valence-corrected chi connectivity index (χ2v) is 2.60. The fourth-order valence-electron chi connectivity index (χ4n) is 1.08. The third-order valence-electron chi connectivity index (χ3n) is 1.71. The van der Waals surface area contributed by atoms with Gasteiger partial charge in [-0.15, -0.1) is 0 Å². The summed E-state index contributed by atoms with van der Waals surface area (Å²) in [5, 5.41) is 37.8. The van der Waals surface area contributed by atoms with Crippen molar-refractivity contribution in [3.05, 3.63) is 0 Å². The molecule has 70 valence electrons. The molecule has 0 aromatic heterocycles. The molecular weight excluding hydrogens is 166 g/mol. The minimum absolute atomic E-state index is 0.0278. The third kappa shape index (κ3) is 1.66. The fraction of sp³-hybridized carbons (Fsp3) is 0.833. The lowest BCUT2D eigenvalue weighted by atomic mass is 10.1. The monoisotopic (exact) mass is 177 g/mol. The van der Waals surface area contributed by atoms with Crippen LogP contribution in [-0.4, -0.2) is 51.3 Å². The second-order valence-electron chi connectivity index (χ2n) is 2.60. The van der Waals surface area contributed by atoms with Gasteiger partial charge in [0.25, 0.3) is 0 Å². The molecule has 1 rings (SSSR count). The molecule has 6 heteroatoms. The van der Waals surface area contributed by atoms with Crippen LogP contribution in [0.1, 0.15) is 6.42 Å². The van der Waals surface area contributed by atoms with E-state index in [4.69, 9.17) is 20.2 Å². The van der Waals surface area contributed by atoms with Crippen LogP contribution in [0.4, 0.5) is 0 Å². The molecule has 1 saturated heterocycles. The van der Waals surface area contributed by atoms with Crippen LogP contribution >= 0.6 is 0 Å². The lowest BCUT2D eigenvalue weighted by molar-refractivity contribution is -0.0443. The number of aliphatic hydroxyl groups excluding tert-OH is 3.